The van der Waals surface area contributed by atoms with Gasteiger partial charge in [-0.3, -0.25) is 9.69 Å². The number of aromatic nitrogens is 2. The lowest BCUT2D eigenvalue weighted by atomic mass is 10.2. The van der Waals surface area contributed by atoms with Gasteiger partial charge in [0.05, 0.1) is 12.0 Å². The van der Waals surface area contributed by atoms with Crippen molar-refractivity contribution in [2.45, 2.75) is 6.42 Å². The van der Waals surface area contributed by atoms with Gasteiger partial charge in [0.2, 0.25) is 5.91 Å². The molecule has 5 nitrogen and oxygen atoms in total. The van der Waals surface area contributed by atoms with Gasteiger partial charge in [-0.15, -0.1) is 0 Å². The number of nitrogens with one attached hydrogen (secondary N) is 1. The number of nitrogens with zero attached hydrogens (tertiary/aromatic N) is 3. The Labute approximate surface area is 105 Å². The maximum atomic E-state index is 12.0. The summed E-state index contributed by atoms with van der Waals surface area (Å²) in [7, 11) is 1.67. The summed E-state index contributed by atoms with van der Waals surface area (Å²) >= 11 is 0. The molecule has 0 spiro atoms. The van der Waals surface area contributed by atoms with E-state index in [0.29, 0.717) is 17.8 Å². The number of anilines is 1. The summed E-state index contributed by atoms with van der Waals surface area (Å²) in [5.74, 6) is 0.487. The van der Waals surface area contributed by atoms with Crippen molar-refractivity contribution in [3.63, 3.8) is 0 Å². The summed E-state index contributed by atoms with van der Waals surface area (Å²) in [5.41, 5.74) is 1.41. The smallest absolute Gasteiger partial charge is 0.232 e. The summed E-state index contributed by atoms with van der Waals surface area (Å²) < 4.78 is 0. The average Bonchev–Trinajstić information content (AvgIpc) is 2.91. The normalized spacial score (nSPS) is 9.78. The number of rotatable bonds is 3. The van der Waals surface area contributed by atoms with Gasteiger partial charge in [0, 0.05) is 25.6 Å². The van der Waals surface area contributed by atoms with Gasteiger partial charge in [-0.2, -0.15) is 5.26 Å². The lowest BCUT2D eigenvalue weighted by Gasteiger charge is -2.15. The molecule has 1 amide bonds. The van der Waals surface area contributed by atoms with Crippen LogP contribution in [0.25, 0.3) is 0 Å². The van der Waals surface area contributed by atoms with E-state index in [2.05, 4.69) is 9.97 Å². The zero-order valence-corrected chi connectivity index (χ0v) is 9.92. The van der Waals surface area contributed by atoms with Gasteiger partial charge in [-0.25, -0.2) is 4.98 Å². The Hall–Kier alpha value is -2.61. The quantitative estimate of drug-likeness (QED) is 0.883. The SMILES string of the molecule is CN(C(=O)Cc1cc[nH]c1)c1ccc(C#N)cn1. The summed E-state index contributed by atoms with van der Waals surface area (Å²) in [5, 5.41) is 8.67. The molecular formula is C13H12N4O. The molecule has 1 N–H and O–H groups in total. The zero-order valence-electron chi connectivity index (χ0n) is 9.92. The third-order valence-electron chi connectivity index (χ3n) is 2.61. The fourth-order valence-corrected chi connectivity index (χ4v) is 1.54. The maximum Gasteiger partial charge on any atom is 0.232 e. The third kappa shape index (κ3) is 2.55. The van der Waals surface area contributed by atoms with Crippen LogP contribution >= 0.6 is 0 Å². The second kappa shape index (κ2) is 5.15. The van der Waals surface area contributed by atoms with E-state index in [1.807, 2.05) is 12.1 Å². The number of aromatic amines is 1. The van der Waals surface area contributed by atoms with E-state index in [0.717, 1.165) is 5.56 Å². The van der Waals surface area contributed by atoms with Gasteiger partial charge < -0.3 is 4.98 Å². The van der Waals surface area contributed by atoms with E-state index in [1.54, 1.807) is 31.6 Å². The number of hydrogen-bond acceptors (Lipinski definition) is 3. The van der Waals surface area contributed by atoms with Crippen molar-refractivity contribution < 1.29 is 4.79 Å². The molecule has 90 valence electrons. The van der Waals surface area contributed by atoms with Crippen LogP contribution in [0.4, 0.5) is 5.82 Å². The number of hydrogen-bond donors (Lipinski definition) is 1. The minimum absolute atomic E-state index is 0.0493. The van der Waals surface area contributed by atoms with E-state index in [1.165, 1.54) is 11.1 Å². The van der Waals surface area contributed by atoms with E-state index in [-0.39, 0.29) is 5.91 Å². The number of amides is 1. The highest BCUT2D eigenvalue weighted by Crippen LogP contribution is 2.11. The van der Waals surface area contributed by atoms with E-state index >= 15 is 0 Å². The molecule has 2 aromatic rings. The number of pyridine rings is 1. The summed E-state index contributed by atoms with van der Waals surface area (Å²) in [6, 6.07) is 7.15. The highest BCUT2D eigenvalue weighted by atomic mass is 16.2. The first-order chi connectivity index (χ1) is 8.70. The van der Waals surface area contributed by atoms with Crippen molar-refractivity contribution >= 4 is 11.7 Å². The van der Waals surface area contributed by atoms with Crippen LogP contribution in [0.15, 0.2) is 36.8 Å². The Morgan fingerprint density at radius 1 is 1.50 bits per heavy atom. The summed E-state index contributed by atoms with van der Waals surface area (Å²) in [6.07, 6.45) is 5.34. The molecule has 0 aliphatic carbocycles. The van der Waals surface area contributed by atoms with Crippen LogP contribution in [0.5, 0.6) is 0 Å². The molecule has 0 aliphatic rings. The van der Waals surface area contributed by atoms with Crippen LogP contribution in [0.3, 0.4) is 0 Å². The second-order valence-corrected chi connectivity index (χ2v) is 3.87. The largest absolute Gasteiger partial charge is 0.367 e. The first-order valence-corrected chi connectivity index (χ1v) is 5.45. The predicted molar refractivity (Wildman–Crippen MR) is 66.9 cm³/mol. The number of likely N-dealkylation sites (N-methyl/N-ethyl adjacent to an activating group) is 1. The minimum Gasteiger partial charge on any atom is -0.367 e. The molecule has 2 rings (SSSR count). The molecule has 0 aliphatic heterocycles. The molecule has 5 heteroatoms. The standard InChI is InChI=1S/C13H12N4O/c1-17(12-3-2-11(7-14)9-16-12)13(18)6-10-4-5-15-8-10/h2-5,8-9,15H,6H2,1H3. The number of carbonyl (C=O) groups excluding carboxylic acids is 1. The molecule has 0 bridgehead atoms. The molecule has 0 radical (unpaired) electrons. The van der Waals surface area contributed by atoms with Crippen molar-refractivity contribution in [3.8, 4) is 6.07 Å². The number of H-pyrrole nitrogens is 1. The number of carbonyl (C=O) groups is 1. The molecule has 2 aromatic heterocycles. The monoisotopic (exact) mass is 240 g/mol. The summed E-state index contributed by atoms with van der Waals surface area (Å²) in [6.45, 7) is 0. The molecule has 0 fully saturated rings. The Bertz CT molecular complexity index is 566. The van der Waals surface area contributed by atoms with Gasteiger partial charge in [0.25, 0.3) is 0 Å². The lowest BCUT2D eigenvalue weighted by Crippen LogP contribution is -2.28. The Balaban J connectivity index is 2.08. The van der Waals surface area contributed by atoms with Gasteiger partial charge in [0.15, 0.2) is 0 Å². The molecule has 18 heavy (non-hydrogen) atoms. The van der Waals surface area contributed by atoms with E-state index in [9.17, 15) is 4.79 Å². The maximum absolute atomic E-state index is 12.0. The molecular weight excluding hydrogens is 228 g/mol. The Morgan fingerprint density at radius 3 is 2.89 bits per heavy atom. The van der Waals surface area contributed by atoms with Crippen molar-refractivity contribution in [1.82, 2.24) is 9.97 Å². The van der Waals surface area contributed by atoms with E-state index < -0.39 is 0 Å². The topological polar surface area (TPSA) is 72.8 Å². The van der Waals surface area contributed by atoms with E-state index in [4.69, 9.17) is 5.26 Å². The Morgan fingerprint density at radius 2 is 2.33 bits per heavy atom. The minimum atomic E-state index is -0.0493. The van der Waals surface area contributed by atoms with Gasteiger partial charge in [-0.1, -0.05) is 0 Å². The highest BCUT2D eigenvalue weighted by molar-refractivity contribution is 5.93. The van der Waals surface area contributed by atoms with Crippen LogP contribution in [0.1, 0.15) is 11.1 Å². The van der Waals surface area contributed by atoms with Gasteiger partial charge in [-0.05, 0) is 23.8 Å². The second-order valence-electron chi connectivity index (χ2n) is 3.87. The predicted octanol–water partition coefficient (Wildman–Crippen LogP) is 1.49. The Kier molecular flexibility index (Phi) is 3.39. The zero-order chi connectivity index (χ0) is 13.0. The number of nitriles is 1. The third-order valence-corrected chi connectivity index (χ3v) is 2.61. The average molecular weight is 240 g/mol. The van der Waals surface area contributed by atoms with Crippen LogP contribution in [0.2, 0.25) is 0 Å². The van der Waals surface area contributed by atoms with Crippen LogP contribution < -0.4 is 4.90 Å². The summed E-state index contributed by atoms with van der Waals surface area (Å²) in [4.78, 5) is 20.4. The first-order valence-electron chi connectivity index (χ1n) is 5.45. The van der Waals surface area contributed by atoms with Crippen LogP contribution in [-0.4, -0.2) is 22.9 Å². The van der Waals surface area contributed by atoms with Crippen LogP contribution in [-0.2, 0) is 11.2 Å². The van der Waals surface area contributed by atoms with Crippen molar-refractivity contribution in [1.29, 1.82) is 5.26 Å². The molecule has 0 atom stereocenters. The van der Waals surface area contributed by atoms with Crippen molar-refractivity contribution in [3.05, 3.63) is 47.9 Å². The van der Waals surface area contributed by atoms with Gasteiger partial charge >= 0.3 is 0 Å². The first kappa shape index (κ1) is 11.9. The highest BCUT2D eigenvalue weighted by Gasteiger charge is 2.12. The molecule has 0 saturated heterocycles. The van der Waals surface area contributed by atoms with Crippen LogP contribution in [0, 0.1) is 11.3 Å². The fourth-order valence-electron chi connectivity index (χ4n) is 1.54. The van der Waals surface area contributed by atoms with Crippen molar-refractivity contribution in [2.24, 2.45) is 0 Å². The fraction of sp³-hybridized carbons (Fsp3) is 0.154. The lowest BCUT2D eigenvalue weighted by molar-refractivity contribution is -0.117. The molecule has 0 saturated carbocycles. The molecule has 2 heterocycles. The van der Waals surface area contributed by atoms with Crippen molar-refractivity contribution in [2.75, 3.05) is 11.9 Å². The molecule has 0 unspecified atom stereocenters. The molecule has 0 aromatic carbocycles. The van der Waals surface area contributed by atoms with Gasteiger partial charge in [0.1, 0.15) is 11.9 Å².